The van der Waals surface area contributed by atoms with Gasteiger partial charge in [0.25, 0.3) is 0 Å². The van der Waals surface area contributed by atoms with Crippen LogP contribution in [0.15, 0.2) is 91.0 Å². The van der Waals surface area contributed by atoms with Crippen molar-refractivity contribution in [1.29, 1.82) is 0 Å². The Balaban J connectivity index is 1.78. The Labute approximate surface area is 174 Å². The third kappa shape index (κ3) is 3.88. The minimum atomic E-state index is -0.358. The molecule has 6 heteroatoms. The number of ketones is 1. The van der Waals surface area contributed by atoms with E-state index in [4.69, 9.17) is 23.2 Å². The Hall–Kier alpha value is -3.51. The number of nitrogen functional groups attached to an aromatic ring is 1. The van der Waals surface area contributed by atoms with Gasteiger partial charge in [0.1, 0.15) is 0 Å². The second-order valence-electron chi connectivity index (χ2n) is 6.71. The van der Waals surface area contributed by atoms with Crippen molar-refractivity contribution in [2.45, 2.75) is 12.5 Å². The molecule has 144 valence electrons. The third-order valence-corrected chi connectivity index (χ3v) is 5.20. The zero-order valence-corrected chi connectivity index (χ0v) is 16.5. The largest absolute Gasteiger partial charge is 0.335 e. The molecule has 1 aromatic heterocycles. The molecule has 1 atom stereocenters. The fraction of sp³-hybridized carbons (Fsp3) is 0.0870. The first-order chi connectivity index (χ1) is 14.1. The van der Waals surface area contributed by atoms with Gasteiger partial charge in [0, 0.05) is 17.5 Å². The predicted molar refractivity (Wildman–Crippen MR) is 117 cm³/mol. The summed E-state index contributed by atoms with van der Waals surface area (Å²) < 4.78 is 3.43. The lowest BCUT2D eigenvalue weighted by atomic mass is 9.98. The topological polar surface area (TPSA) is 65.8 Å². The number of Topliss-reactive ketones (excluding diaryl/α,β-unsaturated/α-hetero) is 1. The van der Waals surface area contributed by atoms with E-state index < -0.39 is 0 Å². The standard InChI is InChI=1S/C23H20N4OS/c24-26-22(19-14-8-3-9-15-19)25-27(23(26)29)20(17-10-4-1-5-11-17)16-21(28)18-12-6-2-7-13-18/h1-15,20H,16,24H2. The maximum absolute atomic E-state index is 13.0. The van der Waals surface area contributed by atoms with Crippen molar-refractivity contribution in [3.63, 3.8) is 0 Å². The Morgan fingerprint density at radius 2 is 1.45 bits per heavy atom. The van der Waals surface area contributed by atoms with Crippen molar-refractivity contribution in [3.8, 4) is 11.4 Å². The van der Waals surface area contributed by atoms with Crippen molar-refractivity contribution in [1.82, 2.24) is 14.5 Å². The molecule has 4 aromatic rings. The Bertz CT molecular complexity index is 1170. The van der Waals surface area contributed by atoms with Gasteiger partial charge in [-0.2, -0.15) is 0 Å². The molecule has 3 aromatic carbocycles. The molecule has 2 N–H and O–H groups in total. The molecule has 1 heterocycles. The summed E-state index contributed by atoms with van der Waals surface area (Å²) in [6.07, 6.45) is 0.230. The Morgan fingerprint density at radius 3 is 2.07 bits per heavy atom. The second kappa shape index (κ2) is 8.24. The van der Waals surface area contributed by atoms with Crippen molar-refractivity contribution in [2.75, 3.05) is 5.84 Å². The zero-order valence-electron chi connectivity index (χ0n) is 15.7. The van der Waals surface area contributed by atoms with Crippen LogP contribution in [0.25, 0.3) is 11.4 Å². The van der Waals surface area contributed by atoms with Gasteiger partial charge in [-0.3, -0.25) is 4.79 Å². The lowest BCUT2D eigenvalue weighted by Gasteiger charge is -2.17. The average Bonchev–Trinajstić information content (AvgIpc) is 3.08. The van der Waals surface area contributed by atoms with Gasteiger partial charge in [-0.1, -0.05) is 91.0 Å². The third-order valence-electron chi connectivity index (χ3n) is 4.82. The van der Waals surface area contributed by atoms with E-state index in [-0.39, 0.29) is 18.2 Å². The van der Waals surface area contributed by atoms with Gasteiger partial charge in [-0.05, 0) is 17.8 Å². The highest BCUT2D eigenvalue weighted by Gasteiger charge is 2.23. The first kappa shape index (κ1) is 18.8. The number of aromatic nitrogens is 3. The molecule has 0 aliphatic carbocycles. The SMILES string of the molecule is Nn1c(-c2ccccc2)nn(C(CC(=O)c2ccccc2)c2ccccc2)c1=S. The van der Waals surface area contributed by atoms with Crippen LogP contribution in [0.4, 0.5) is 0 Å². The molecule has 0 aliphatic rings. The summed E-state index contributed by atoms with van der Waals surface area (Å²) in [6, 6.07) is 28.3. The molecule has 0 spiro atoms. The minimum absolute atomic E-state index is 0.0224. The maximum atomic E-state index is 13.0. The van der Waals surface area contributed by atoms with E-state index in [0.29, 0.717) is 16.2 Å². The number of hydrogen-bond donors (Lipinski definition) is 1. The molecule has 4 rings (SSSR count). The van der Waals surface area contributed by atoms with E-state index in [1.165, 1.54) is 4.68 Å². The van der Waals surface area contributed by atoms with Crippen molar-refractivity contribution in [3.05, 3.63) is 107 Å². The second-order valence-corrected chi connectivity index (χ2v) is 7.07. The quantitative estimate of drug-likeness (QED) is 0.290. The van der Waals surface area contributed by atoms with E-state index in [9.17, 15) is 4.79 Å². The van der Waals surface area contributed by atoms with Gasteiger partial charge in [0.2, 0.25) is 4.77 Å². The van der Waals surface area contributed by atoms with Crippen LogP contribution < -0.4 is 5.84 Å². The van der Waals surface area contributed by atoms with Crippen LogP contribution in [-0.4, -0.2) is 20.2 Å². The molecule has 0 saturated carbocycles. The molecule has 0 fully saturated rings. The van der Waals surface area contributed by atoms with Crippen LogP contribution in [0.5, 0.6) is 0 Å². The van der Waals surface area contributed by atoms with Gasteiger partial charge < -0.3 is 5.84 Å². The molecule has 0 radical (unpaired) electrons. The first-order valence-electron chi connectivity index (χ1n) is 9.30. The minimum Gasteiger partial charge on any atom is -0.335 e. The smallest absolute Gasteiger partial charge is 0.217 e. The number of carbonyl (C=O) groups excluding carboxylic acids is 1. The highest BCUT2D eigenvalue weighted by Crippen LogP contribution is 2.26. The van der Waals surface area contributed by atoms with E-state index >= 15 is 0 Å². The molecule has 0 saturated heterocycles. The van der Waals surface area contributed by atoms with E-state index in [1.807, 2.05) is 91.0 Å². The van der Waals surface area contributed by atoms with E-state index in [0.717, 1.165) is 11.1 Å². The molecule has 0 amide bonds. The van der Waals surface area contributed by atoms with Crippen molar-refractivity contribution >= 4 is 18.0 Å². The van der Waals surface area contributed by atoms with Crippen LogP contribution in [-0.2, 0) is 0 Å². The maximum Gasteiger partial charge on any atom is 0.217 e. The lowest BCUT2D eigenvalue weighted by Crippen LogP contribution is -2.18. The predicted octanol–water partition coefficient (Wildman–Crippen LogP) is 4.66. The molecule has 29 heavy (non-hydrogen) atoms. The van der Waals surface area contributed by atoms with E-state index in [2.05, 4.69) is 0 Å². The summed E-state index contributed by atoms with van der Waals surface area (Å²) in [4.78, 5) is 13.0. The van der Waals surface area contributed by atoms with Crippen LogP contribution in [0.3, 0.4) is 0 Å². The summed E-state index contributed by atoms with van der Waals surface area (Å²) in [5, 5.41) is 4.70. The average molecular weight is 401 g/mol. The van der Waals surface area contributed by atoms with E-state index in [1.54, 1.807) is 4.68 Å². The van der Waals surface area contributed by atoms with Gasteiger partial charge >= 0.3 is 0 Å². The molecule has 5 nitrogen and oxygen atoms in total. The summed E-state index contributed by atoms with van der Waals surface area (Å²) in [5.74, 6) is 6.82. The van der Waals surface area contributed by atoms with Crippen molar-refractivity contribution in [2.24, 2.45) is 0 Å². The summed E-state index contributed by atoms with van der Waals surface area (Å²) in [6.45, 7) is 0. The summed E-state index contributed by atoms with van der Waals surface area (Å²) in [7, 11) is 0. The molecule has 0 aliphatic heterocycles. The molecule has 0 bridgehead atoms. The number of carbonyl (C=O) groups is 1. The highest BCUT2D eigenvalue weighted by atomic mass is 32.1. The monoisotopic (exact) mass is 400 g/mol. The van der Waals surface area contributed by atoms with Gasteiger partial charge in [-0.15, -0.1) is 5.10 Å². The summed E-state index contributed by atoms with van der Waals surface area (Å²) >= 11 is 5.59. The zero-order chi connectivity index (χ0) is 20.2. The number of benzene rings is 3. The number of nitrogens with two attached hydrogens (primary N) is 1. The van der Waals surface area contributed by atoms with Gasteiger partial charge in [0.05, 0.1) is 6.04 Å². The van der Waals surface area contributed by atoms with Gasteiger partial charge in [-0.25, -0.2) is 9.36 Å². The van der Waals surface area contributed by atoms with Crippen LogP contribution >= 0.6 is 12.2 Å². The van der Waals surface area contributed by atoms with Crippen LogP contribution in [0, 0.1) is 4.77 Å². The Morgan fingerprint density at radius 1 is 0.897 bits per heavy atom. The first-order valence-corrected chi connectivity index (χ1v) is 9.71. The van der Waals surface area contributed by atoms with Crippen LogP contribution in [0.1, 0.15) is 28.4 Å². The lowest BCUT2D eigenvalue weighted by molar-refractivity contribution is 0.0967. The molecule has 1 unspecified atom stereocenters. The summed E-state index contributed by atoms with van der Waals surface area (Å²) in [5.41, 5.74) is 2.47. The highest BCUT2D eigenvalue weighted by molar-refractivity contribution is 7.71. The number of nitrogens with zero attached hydrogens (tertiary/aromatic N) is 3. The molecular weight excluding hydrogens is 380 g/mol. The fourth-order valence-corrected chi connectivity index (χ4v) is 3.57. The van der Waals surface area contributed by atoms with Crippen molar-refractivity contribution < 1.29 is 4.79 Å². The fourth-order valence-electron chi connectivity index (χ4n) is 3.32. The number of hydrogen-bond acceptors (Lipinski definition) is 4. The normalized spacial score (nSPS) is 11.9. The molecular formula is C23H20N4OS. The van der Waals surface area contributed by atoms with Crippen LogP contribution in [0.2, 0.25) is 0 Å². The van der Waals surface area contributed by atoms with Gasteiger partial charge in [0.15, 0.2) is 11.6 Å². The Kier molecular flexibility index (Phi) is 5.35. The number of rotatable bonds is 6.